The van der Waals surface area contributed by atoms with Gasteiger partial charge in [-0.05, 0) is 0 Å². The average Bonchev–Trinajstić information content (AvgIpc) is 2.63. The van der Waals surface area contributed by atoms with E-state index in [1.165, 1.54) is 10.9 Å². The lowest BCUT2D eigenvalue weighted by Crippen LogP contribution is -2.40. The average molecular weight is 277 g/mol. The monoisotopic (exact) mass is 276 g/mol. The molecule has 2 rings (SSSR count). The van der Waals surface area contributed by atoms with Crippen molar-refractivity contribution in [3.63, 3.8) is 0 Å². The minimum absolute atomic E-state index is 0.0459. The maximum absolute atomic E-state index is 12.1. The van der Waals surface area contributed by atoms with Crippen molar-refractivity contribution >= 4 is 34.4 Å². The first-order valence-corrected chi connectivity index (χ1v) is 5.69. The van der Waals surface area contributed by atoms with E-state index in [0.717, 1.165) is 4.57 Å². The summed E-state index contributed by atoms with van der Waals surface area (Å²) >= 11 is 11.2. The zero-order valence-electron chi connectivity index (χ0n) is 9.22. The fourth-order valence-corrected chi connectivity index (χ4v) is 1.97. The van der Waals surface area contributed by atoms with Gasteiger partial charge in [-0.2, -0.15) is 0 Å². The van der Waals surface area contributed by atoms with Gasteiger partial charge < -0.3 is 4.57 Å². The minimum Gasteiger partial charge on any atom is -0.328 e. The molecule has 0 N–H and O–H groups in total. The number of alkyl halides is 2. The molecular weight excluding hydrogens is 267 g/mol. The van der Waals surface area contributed by atoms with Crippen molar-refractivity contribution in [2.45, 2.75) is 11.4 Å². The van der Waals surface area contributed by atoms with Crippen LogP contribution in [0.25, 0.3) is 11.2 Å². The number of hydrogen-bond donors (Lipinski definition) is 0. The fraction of sp³-hybridized carbons (Fsp3) is 0.444. The van der Waals surface area contributed by atoms with Crippen LogP contribution in [0.1, 0.15) is 0 Å². The zero-order valence-corrected chi connectivity index (χ0v) is 10.7. The summed E-state index contributed by atoms with van der Waals surface area (Å²) in [7, 11) is 3.23. The van der Waals surface area contributed by atoms with Gasteiger partial charge in [0.1, 0.15) is 4.84 Å². The summed E-state index contributed by atoms with van der Waals surface area (Å²) in [5.41, 5.74) is -0.220. The maximum Gasteiger partial charge on any atom is 0.332 e. The molecule has 0 amide bonds. The topological polar surface area (TPSA) is 61.8 Å². The van der Waals surface area contributed by atoms with E-state index in [2.05, 4.69) is 4.98 Å². The van der Waals surface area contributed by atoms with Gasteiger partial charge in [0.05, 0.1) is 12.9 Å². The third kappa shape index (κ3) is 1.87. The van der Waals surface area contributed by atoms with Gasteiger partial charge in [-0.25, -0.2) is 9.78 Å². The number of aryl methyl sites for hydroxylation is 2. The number of halogens is 2. The van der Waals surface area contributed by atoms with Gasteiger partial charge in [-0.1, -0.05) is 0 Å². The van der Waals surface area contributed by atoms with E-state index in [0.29, 0.717) is 11.2 Å². The Morgan fingerprint density at radius 1 is 1.35 bits per heavy atom. The molecule has 6 nitrogen and oxygen atoms in total. The quantitative estimate of drug-likeness (QED) is 0.739. The predicted octanol–water partition coefficient (Wildman–Crippen LogP) is 0.237. The summed E-state index contributed by atoms with van der Waals surface area (Å²) in [6, 6.07) is 0. The van der Waals surface area contributed by atoms with Crippen molar-refractivity contribution in [3.05, 3.63) is 27.2 Å². The number of rotatable bonds is 2. The molecular formula is C9H10Cl2N4O2. The summed E-state index contributed by atoms with van der Waals surface area (Å²) in [4.78, 5) is 27.2. The minimum atomic E-state index is -0.814. The Morgan fingerprint density at radius 2 is 2.00 bits per heavy atom. The molecule has 0 atom stereocenters. The third-order valence-electron chi connectivity index (χ3n) is 2.52. The van der Waals surface area contributed by atoms with Crippen molar-refractivity contribution in [2.75, 3.05) is 0 Å². The van der Waals surface area contributed by atoms with Crippen LogP contribution >= 0.6 is 23.2 Å². The summed E-state index contributed by atoms with van der Waals surface area (Å²) in [6.45, 7) is -0.0459. The standard InChI is InChI=1S/C9H10Cl2N4O2/c1-13-4-12-7-6(13)8(16)15(3-5(10)11)9(17)14(7)2/h4-5H,3H2,1-2H3. The molecule has 0 spiro atoms. The van der Waals surface area contributed by atoms with Crippen LogP contribution in [0.4, 0.5) is 0 Å². The Labute approximate surface area is 106 Å². The highest BCUT2D eigenvalue weighted by molar-refractivity contribution is 6.44. The fourth-order valence-electron chi connectivity index (χ4n) is 1.70. The molecule has 2 aromatic rings. The van der Waals surface area contributed by atoms with E-state index in [1.807, 2.05) is 0 Å². The molecule has 2 aromatic heterocycles. The second kappa shape index (κ2) is 4.19. The summed E-state index contributed by atoms with van der Waals surface area (Å²) in [6.07, 6.45) is 1.48. The highest BCUT2D eigenvalue weighted by Crippen LogP contribution is 2.06. The first-order valence-electron chi connectivity index (χ1n) is 4.82. The molecule has 17 heavy (non-hydrogen) atoms. The second-order valence-electron chi connectivity index (χ2n) is 3.68. The van der Waals surface area contributed by atoms with Gasteiger partial charge in [-0.15, -0.1) is 23.2 Å². The van der Waals surface area contributed by atoms with Crippen molar-refractivity contribution in [1.29, 1.82) is 0 Å². The first kappa shape index (κ1) is 12.2. The summed E-state index contributed by atoms with van der Waals surface area (Å²) in [5, 5.41) is 0. The lowest BCUT2D eigenvalue weighted by molar-refractivity contribution is 0.626. The van der Waals surface area contributed by atoms with Gasteiger partial charge in [0, 0.05) is 14.1 Å². The Kier molecular flexibility index (Phi) is 3.01. The molecule has 0 saturated carbocycles. The van der Waals surface area contributed by atoms with Gasteiger partial charge in [0.2, 0.25) is 0 Å². The van der Waals surface area contributed by atoms with Crippen LogP contribution in [0.5, 0.6) is 0 Å². The Bertz CT molecular complexity index is 683. The molecule has 0 radical (unpaired) electrons. The zero-order chi connectivity index (χ0) is 12.7. The van der Waals surface area contributed by atoms with Crippen LogP contribution in [0.2, 0.25) is 0 Å². The normalized spacial score (nSPS) is 11.6. The van der Waals surface area contributed by atoms with Crippen LogP contribution < -0.4 is 11.2 Å². The van der Waals surface area contributed by atoms with E-state index >= 15 is 0 Å². The molecule has 0 fully saturated rings. The van der Waals surface area contributed by atoms with Gasteiger partial charge in [0.25, 0.3) is 5.56 Å². The van der Waals surface area contributed by atoms with E-state index in [1.54, 1.807) is 18.7 Å². The van der Waals surface area contributed by atoms with Crippen molar-refractivity contribution in [2.24, 2.45) is 14.1 Å². The molecule has 8 heteroatoms. The second-order valence-corrected chi connectivity index (χ2v) is 4.95. The van der Waals surface area contributed by atoms with Crippen molar-refractivity contribution < 1.29 is 0 Å². The molecule has 0 aliphatic carbocycles. The van der Waals surface area contributed by atoms with Crippen LogP contribution in [0.15, 0.2) is 15.9 Å². The molecule has 2 heterocycles. The number of imidazole rings is 1. The van der Waals surface area contributed by atoms with E-state index in [4.69, 9.17) is 23.2 Å². The highest BCUT2D eigenvalue weighted by Gasteiger charge is 2.16. The largest absolute Gasteiger partial charge is 0.332 e. The number of aromatic nitrogens is 4. The summed E-state index contributed by atoms with van der Waals surface area (Å²) in [5.74, 6) is 0. The van der Waals surface area contributed by atoms with Crippen LogP contribution in [0, 0.1) is 0 Å². The van der Waals surface area contributed by atoms with Crippen LogP contribution in [-0.2, 0) is 20.6 Å². The van der Waals surface area contributed by atoms with E-state index in [9.17, 15) is 9.59 Å². The lowest BCUT2D eigenvalue weighted by atomic mass is 10.5. The lowest BCUT2D eigenvalue weighted by Gasteiger charge is -2.08. The highest BCUT2D eigenvalue weighted by atomic mass is 35.5. The van der Waals surface area contributed by atoms with E-state index in [-0.39, 0.29) is 6.54 Å². The van der Waals surface area contributed by atoms with Crippen molar-refractivity contribution in [1.82, 2.24) is 18.7 Å². The molecule has 0 saturated heterocycles. The van der Waals surface area contributed by atoms with Crippen LogP contribution in [-0.4, -0.2) is 23.5 Å². The van der Waals surface area contributed by atoms with Gasteiger partial charge >= 0.3 is 5.69 Å². The summed E-state index contributed by atoms with van der Waals surface area (Å²) < 4.78 is 3.87. The Balaban J connectivity index is 2.90. The SMILES string of the molecule is Cn1cnc2c1c(=O)n(CC(Cl)Cl)c(=O)n2C. The molecule has 0 aliphatic rings. The van der Waals surface area contributed by atoms with E-state index < -0.39 is 16.1 Å². The molecule has 0 bridgehead atoms. The van der Waals surface area contributed by atoms with Crippen LogP contribution in [0.3, 0.4) is 0 Å². The Hall–Kier alpha value is -1.27. The third-order valence-corrected chi connectivity index (χ3v) is 2.80. The van der Waals surface area contributed by atoms with Gasteiger partial charge in [0.15, 0.2) is 11.2 Å². The smallest absolute Gasteiger partial charge is 0.328 e. The molecule has 0 unspecified atom stereocenters. The number of fused-ring (bicyclic) bond motifs is 1. The maximum atomic E-state index is 12.1. The van der Waals surface area contributed by atoms with Crippen molar-refractivity contribution in [3.8, 4) is 0 Å². The molecule has 92 valence electrons. The number of nitrogens with zero attached hydrogens (tertiary/aromatic N) is 4. The molecule has 0 aromatic carbocycles. The molecule has 0 aliphatic heterocycles. The van der Waals surface area contributed by atoms with Gasteiger partial charge in [-0.3, -0.25) is 13.9 Å². The predicted molar refractivity (Wildman–Crippen MR) is 65.7 cm³/mol. The first-order chi connectivity index (χ1) is 7.93. The Morgan fingerprint density at radius 3 is 2.59 bits per heavy atom. The number of hydrogen-bond acceptors (Lipinski definition) is 3.